The normalized spacial score (nSPS) is 18.3. The average Bonchev–Trinajstić information content (AvgIpc) is 2.94. The molecule has 1 atom stereocenters. The summed E-state index contributed by atoms with van der Waals surface area (Å²) in [7, 11) is -0.308. The van der Waals surface area contributed by atoms with Gasteiger partial charge in [-0.15, -0.1) is 0 Å². The second-order valence-corrected chi connectivity index (χ2v) is 8.24. The molecule has 0 aromatic heterocycles. The third-order valence-electron chi connectivity index (χ3n) is 4.23. The Kier molecular flexibility index (Phi) is 5.66. The fourth-order valence-electron chi connectivity index (χ4n) is 2.95. The Bertz CT molecular complexity index is 552. The predicted molar refractivity (Wildman–Crippen MR) is 86.8 cm³/mol. The summed E-state index contributed by atoms with van der Waals surface area (Å²) >= 11 is 5.95. The van der Waals surface area contributed by atoms with E-state index in [9.17, 15) is 8.42 Å². The fourth-order valence-corrected chi connectivity index (χ4v) is 3.72. The average molecular weight is 331 g/mol. The van der Waals surface area contributed by atoms with Gasteiger partial charge in [-0.2, -0.15) is 12.7 Å². The molecular weight excluding hydrogens is 308 g/mol. The zero-order chi connectivity index (χ0) is 15.5. The monoisotopic (exact) mass is 330 g/mol. The molecule has 1 aromatic carbocycles. The van der Waals surface area contributed by atoms with Crippen LogP contribution in [0.1, 0.15) is 37.2 Å². The van der Waals surface area contributed by atoms with Crippen LogP contribution in [0.15, 0.2) is 24.3 Å². The topological polar surface area (TPSA) is 49.4 Å². The van der Waals surface area contributed by atoms with Gasteiger partial charge in [0.2, 0.25) is 0 Å². The van der Waals surface area contributed by atoms with Gasteiger partial charge in [0.25, 0.3) is 10.2 Å². The van der Waals surface area contributed by atoms with Crippen LogP contribution in [0.5, 0.6) is 0 Å². The molecule has 1 saturated carbocycles. The van der Waals surface area contributed by atoms with Crippen LogP contribution in [-0.4, -0.2) is 33.4 Å². The molecule has 1 fully saturated rings. The highest BCUT2D eigenvalue weighted by Gasteiger charge is 2.28. The number of hydrogen-bond donors (Lipinski definition) is 1. The van der Waals surface area contributed by atoms with Crippen molar-refractivity contribution in [3.63, 3.8) is 0 Å². The van der Waals surface area contributed by atoms with Gasteiger partial charge in [0.05, 0.1) is 0 Å². The van der Waals surface area contributed by atoms with Crippen molar-refractivity contribution < 1.29 is 8.42 Å². The molecule has 0 heterocycles. The zero-order valence-electron chi connectivity index (χ0n) is 12.5. The molecule has 0 aliphatic heterocycles. The molecule has 2 rings (SSSR count). The molecule has 1 aromatic rings. The Morgan fingerprint density at radius 2 is 1.81 bits per heavy atom. The molecule has 0 bridgehead atoms. The molecule has 1 N–H and O–H groups in total. The summed E-state index contributed by atoms with van der Waals surface area (Å²) in [5.41, 5.74) is 1.16. The summed E-state index contributed by atoms with van der Waals surface area (Å²) < 4.78 is 27.8. The fraction of sp³-hybridized carbons (Fsp3) is 0.600. The van der Waals surface area contributed by atoms with Crippen LogP contribution in [0.4, 0.5) is 0 Å². The minimum Gasteiger partial charge on any atom is -0.202 e. The molecule has 1 aliphatic rings. The zero-order valence-corrected chi connectivity index (χ0v) is 14.1. The Hall–Kier alpha value is -0.620. The lowest BCUT2D eigenvalue weighted by atomic mass is 9.85. The number of halogens is 1. The van der Waals surface area contributed by atoms with Crippen molar-refractivity contribution in [2.24, 2.45) is 5.92 Å². The maximum absolute atomic E-state index is 11.9. The molecule has 6 heteroatoms. The molecule has 21 heavy (non-hydrogen) atoms. The van der Waals surface area contributed by atoms with E-state index in [2.05, 4.69) is 4.72 Å². The lowest BCUT2D eigenvalue weighted by Crippen LogP contribution is -2.38. The van der Waals surface area contributed by atoms with E-state index in [4.69, 9.17) is 11.6 Å². The van der Waals surface area contributed by atoms with Crippen LogP contribution >= 0.6 is 11.6 Å². The van der Waals surface area contributed by atoms with Crippen molar-refractivity contribution in [1.82, 2.24) is 9.03 Å². The summed E-state index contributed by atoms with van der Waals surface area (Å²) in [4.78, 5) is 0. The maximum Gasteiger partial charge on any atom is 0.278 e. The van der Waals surface area contributed by atoms with E-state index < -0.39 is 10.2 Å². The van der Waals surface area contributed by atoms with Gasteiger partial charge in [-0.1, -0.05) is 36.6 Å². The predicted octanol–water partition coefficient (Wildman–Crippen LogP) is 3.01. The molecule has 1 aliphatic carbocycles. The molecule has 0 spiro atoms. The van der Waals surface area contributed by atoms with Crippen molar-refractivity contribution in [1.29, 1.82) is 0 Å². The highest BCUT2D eigenvalue weighted by atomic mass is 35.5. The number of hydrogen-bond acceptors (Lipinski definition) is 2. The van der Waals surface area contributed by atoms with Crippen LogP contribution in [0.25, 0.3) is 0 Å². The first kappa shape index (κ1) is 16.7. The number of nitrogens with zero attached hydrogens (tertiary/aromatic N) is 1. The molecule has 4 nitrogen and oxygen atoms in total. The van der Waals surface area contributed by atoms with Crippen molar-refractivity contribution in [2.75, 3.05) is 20.6 Å². The highest BCUT2D eigenvalue weighted by Crippen LogP contribution is 2.37. The minimum absolute atomic E-state index is 0.208. The molecule has 1 unspecified atom stereocenters. The molecular formula is C15H23ClN2O2S. The second kappa shape index (κ2) is 7.09. The van der Waals surface area contributed by atoms with Crippen LogP contribution < -0.4 is 4.72 Å². The van der Waals surface area contributed by atoms with E-state index in [0.29, 0.717) is 17.5 Å². The van der Waals surface area contributed by atoms with Gasteiger partial charge in [-0.3, -0.25) is 0 Å². The Morgan fingerprint density at radius 1 is 1.24 bits per heavy atom. The first-order chi connectivity index (χ1) is 9.90. The summed E-state index contributed by atoms with van der Waals surface area (Å²) in [6.45, 7) is 0.437. The third kappa shape index (κ3) is 4.42. The van der Waals surface area contributed by atoms with Gasteiger partial charge < -0.3 is 0 Å². The quantitative estimate of drug-likeness (QED) is 0.871. The molecule has 0 saturated heterocycles. The Morgan fingerprint density at radius 3 is 2.33 bits per heavy atom. The summed E-state index contributed by atoms with van der Waals surface area (Å²) in [6, 6.07) is 7.77. The standard InChI is InChI=1S/C15H23ClN2O2S/c1-18(2)21(19,20)17-11-15(12-5-3-4-6-12)13-7-9-14(16)10-8-13/h7-10,12,15,17H,3-6,11H2,1-2H3. The SMILES string of the molecule is CN(C)S(=O)(=O)NCC(c1ccc(Cl)cc1)C1CCCC1. The van der Waals surface area contributed by atoms with Gasteiger partial charge in [-0.05, 0) is 36.5 Å². The number of rotatable bonds is 6. The number of benzene rings is 1. The minimum atomic E-state index is -3.38. The second-order valence-electron chi connectivity index (χ2n) is 5.84. The summed E-state index contributed by atoms with van der Waals surface area (Å²) in [6.07, 6.45) is 4.79. The maximum atomic E-state index is 11.9. The van der Waals surface area contributed by atoms with Crippen molar-refractivity contribution in [3.8, 4) is 0 Å². The van der Waals surface area contributed by atoms with Crippen LogP contribution in [0, 0.1) is 5.92 Å². The van der Waals surface area contributed by atoms with E-state index in [1.807, 2.05) is 24.3 Å². The first-order valence-electron chi connectivity index (χ1n) is 7.33. The molecule has 0 amide bonds. The summed E-state index contributed by atoms with van der Waals surface area (Å²) in [5, 5.41) is 0.706. The lowest BCUT2D eigenvalue weighted by molar-refractivity contribution is 0.422. The Labute approximate surface area is 132 Å². The largest absolute Gasteiger partial charge is 0.278 e. The van der Waals surface area contributed by atoms with E-state index >= 15 is 0 Å². The lowest BCUT2D eigenvalue weighted by Gasteiger charge is -2.25. The molecule has 0 radical (unpaired) electrons. The van der Waals surface area contributed by atoms with Gasteiger partial charge in [0.15, 0.2) is 0 Å². The van der Waals surface area contributed by atoms with Gasteiger partial charge >= 0.3 is 0 Å². The first-order valence-corrected chi connectivity index (χ1v) is 9.14. The number of nitrogens with one attached hydrogen (secondary N) is 1. The van der Waals surface area contributed by atoms with E-state index in [1.54, 1.807) is 0 Å². The van der Waals surface area contributed by atoms with E-state index in [-0.39, 0.29) is 5.92 Å². The van der Waals surface area contributed by atoms with Crippen LogP contribution in [0.2, 0.25) is 5.02 Å². The van der Waals surface area contributed by atoms with Crippen molar-refractivity contribution in [3.05, 3.63) is 34.9 Å². The third-order valence-corrected chi connectivity index (χ3v) is 5.98. The van der Waals surface area contributed by atoms with Crippen molar-refractivity contribution in [2.45, 2.75) is 31.6 Å². The van der Waals surface area contributed by atoms with Crippen LogP contribution in [-0.2, 0) is 10.2 Å². The van der Waals surface area contributed by atoms with Gasteiger partial charge in [-0.25, -0.2) is 4.72 Å². The van der Waals surface area contributed by atoms with Gasteiger partial charge in [0.1, 0.15) is 0 Å². The Balaban J connectivity index is 2.15. The van der Waals surface area contributed by atoms with Crippen molar-refractivity contribution >= 4 is 21.8 Å². The van der Waals surface area contributed by atoms with E-state index in [1.165, 1.54) is 31.2 Å². The smallest absolute Gasteiger partial charge is 0.202 e. The highest BCUT2D eigenvalue weighted by molar-refractivity contribution is 7.87. The van der Waals surface area contributed by atoms with Crippen LogP contribution in [0.3, 0.4) is 0 Å². The van der Waals surface area contributed by atoms with Gasteiger partial charge in [0, 0.05) is 31.6 Å². The molecule has 118 valence electrons. The summed E-state index contributed by atoms with van der Waals surface area (Å²) in [5.74, 6) is 0.746. The van der Waals surface area contributed by atoms with E-state index in [0.717, 1.165) is 18.4 Å².